The normalized spacial score (nSPS) is 14.5. The molecule has 9 heteroatoms. The fourth-order valence-corrected chi connectivity index (χ4v) is 5.30. The van der Waals surface area contributed by atoms with E-state index in [1.54, 1.807) is 54.5 Å². The Balaban J connectivity index is 1.38. The van der Waals surface area contributed by atoms with Gasteiger partial charge in [-0.3, -0.25) is 14.0 Å². The molecule has 1 heterocycles. The number of methoxy groups -OCH3 is 1. The molecule has 0 unspecified atom stereocenters. The number of ether oxygens (including phenoxy) is 1. The van der Waals surface area contributed by atoms with E-state index >= 15 is 0 Å². The van der Waals surface area contributed by atoms with E-state index in [2.05, 4.69) is 4.90 Å². The van der Waals surface area contributed by atoms with Gasteiger partial charge < -0.3 is 9.64 Å². The number of halogens is 1. The van der Waals surface area contributed by atoms with Crippen LogP contribution in [0.5, 0.6) is 5.75 Å². The van der Waals surface area contributed by atoms with Crippen molar-refractivity contribution in [3.05, 3.63) is 89.7 Å². The third-order valence-electron chi connectivity index (χ3n) is 6.18. The Kier molecular flexibility index (Phi) is 7.37. The first-order valence-electron chi connectivity index (χ1n) is 11.3. The molecule has 0 saturated carbocycles. The molecule has 0 spiro atoms. The summed E-state index contributed by atoms with van der Waals surface area (Å²) in [7, 11) is -0.679. The largest absolute Gasteiger partial charge is 0.496 e. The van der Waals surface area contributed by atoms with Crippen molar-refractivity contribution in [2.45, 2.75) is 11.4 Å². The van der Waals surface area contributed by atoms with E-state index in [1.807, 2.05) is 6.07 Å². The van der Waals surface area contributed by atoms with Gasteiger partial charge in [0.2, 0.25) is 0 Å². The van der Waals surface area contributed by atoms with Crippen molar-refractivity contribution in [2.75, 3.05) is 44.6 Å². The number of para-hydroxylation sites is 1. The third-order valence-corrected chi connectivity index (χ3v) is 7.98. The van der Waals surface area contributed by atoms with Gasteiger partial charge in [-0.15, -0.1) is 0 Å². The third kappa shape index (κ3) is 5.47. The smallest absolute Gasteiger partial charge is 0.264 e. The Morgan fingerprint density at radius 3 is 2.26 bits per heavy atom. The molecular formula is C26H28FN3O4S. The van der Waals surface area contributed by atoms with Crippen LogP contribution in [0.15, 0.2) is 77.7 Å². The monoisotopic (exact) mass is 497 g/mol. The van der Waals surface area contributed by atoms with Crippen LogP contribution < -0.4 is 9.04 Å². The molecule has 0 radical (unpaired) electrons. The first kappa shape index (κ1) is 24.7. The van der Waals surface area contributed by atoms with Gasteiger partial charge in [0, 0.05) is 50.9 Å². The summed E-state index contributed by atoms with van der Waals surface area (Å²) >= 11 is 0. The molecule has 0 atom stereocenters. The Labute approximate surface area is 205 Å². The second kappa shape index (κ2) is 10.5. The number of rotatable bonds is 7. The molecule has 0 aliphatic carbocycles. The van der Waals surface area contributed by atoms with Crippen molar-refractivity contribution in [1.82, 2.24) is 9.80 Å². The van der Waals surface area contributed by atoms with E-state index in [-0.39, 0.29) is 16.6 Å². The van der Waals surface area contributed by atoms with Gasteiger partial charge in [-0.1, -0.05) is 18.2 Å². The van der Waals surface area contributed by atoms with Crippen LogP contribution >= 0.6 is 0 Å². The number of carbonyl (C=O) groups is 1. The number of amides is 1. The van der Waals surface area contributed by atoms with Crippen LogP contribution in [0.2, 0.25) is 0 Å². The predicted molar refractivity (Wildman–Crippen MR) is 133 cm³/mol. The molecule has 1 fully saturated rings. The van der Waals surface area contributed by atoms with E-state index in [1.165, 1.54) is 35.6 Å². The highest BCUT2D eigenvalue weighted by atomic mass is 32.2. The van der Waals surface area contributed by atoms with Crippen molar-refractivity contribution in [2.24, 2.45) is 0 Å². The van der Waals surface area contributed by atoms with Gasteiger partial charge in [-0.05, 0) is 54.6 Å². The quantitative estimate of drug-likeness (QED) is 0.499. The van der Waals surface area contributed by atoms with E-state index < -0.39 is 10.0 Å². The fourth-order valence-electron chi connectivity index (χ4n) is 4.11. The van der Waals surface area contributed by atoms with Crippen LogP contribution in [0.3, 0.4) is 0 Å². The van der Waals surface area contributed by atoms with Crippen molar-refractivity contribution in [3.63, 3.8) is 0 Å². The molecular weight excluding hydrogens is 469 g/mol. The number of anilines is 1. The summed E-state index contributed by atoms with van der Waals surface area (Å²) in [5, 5.41) is 0. The Hall–Kier alpha value is -3.43. The summed E-state index contributed by atoms with van der Waals surface area (Å²) < 4.78 is 46.1. The van der Waals surface area contributed by atoms with Crippen molar-refractivity contribution in [1.29, 1.82) is 0 Å². The molecule has 1 amide bonds. The number of hydrogen-bond donors (Lipinski definition) is 0. The number of hydrogen-bond acceptors (Lipinski definition) is 5. The maximum Gasteiger partial charge on any atom is 0.264 e. The molecule has 3 aromatic rings. The van der Waals surface area contributed by atoms with Crippen LogP contribution in [0.1, 0.15) is 15.9 Å². The van der Waals surface area contributed by atoms with E-state index in [0.717, 1.165) is 5.56 Å². The van der Waals surface area contributed by atoms with Crippen LogP contribution in [0.4, 0.5) is 10.1 Å². The van der Waals surface area contributed by atoms with Crippen LogP contribution in [-0.2, 0) is 16.6 Å². The summed E-state index contributed by atoms with van der Waals surface area (Å²) in [6, 6.07) is 19.3. The molecule has 0 N–H and O–H groups in total. The van der Waals surface area contributed by atoms with Crippen LogP contribution in [-0.4, -0.2) is 64.5 Å². The van der Waals surface area contributed by atoms with Crippen molar-refractivity contribution >= 4 is 21.6 Å². The van der Waals surface area contributed by atoms with Gasteiger partial charge in [-0.2, -0.15) is 0 Å². The maximum atomic E-state index is 13.7. The number of sulfonamides is 1. The lowest BCUT2D eigenvalue weighted by atomic mass is 10.1. The second-order valence-corrected chi connectivity index (χ2v) is 10.3. The highest BCUT2D eigenvalue weighted by molar-refractivity contribution is 7.92. The number of nitrogens with zero attached hydrogens (tertiary/aromatic N) is 3. The summed E-state index contributed by atoms with van der Waals surface area (Å²) in [4.78, 5) is 17.0. The summed E-state index contributed by atoms with van der Waals surface area (Å²) in [6.07, 6.45) is 0. The molecule has 1 saturated heterocycles. The van der Waals surface area contributed by atoms with Gasteiger partial charge in [0.1, 0.15) is 11.6 Å². The van der Waals surface area contributed by atoms with Gasteiger partial charge in [0.15, 0.2) is 0 Å². The van der Waals surface area contributed by atoms with E-state index in [9.17, 15) is 17.6 Å². The predicted octanol–water partition coefficient (Wildman–Crippen LogP) is 3.62. The maximum absolute atomic E-state index is 13.7. The fraction of sp³-hybridized carbons (Fsp3) is 0.269. The first-order valence-corrected chi connectivity index (χ1v) is 12.7. The number of benzene rings is 3. The topological polar surface area (TPSA) is 70.2 Å². The minimum absolute atomic E-state index is 0.120. The van der Waals surface area contributed by atoms with E-state index in [0.29, 0.717) is 49.7 Å². The van der Waals surface area contributed by atoms with Gasteiger partial charge in [0.25, 0.3) is 15.9 Å². The van der Waals surface area contributed by atoms with Gasteiger partial charge >= 0.3 is 0 Å². The highest BCUT2D eigenvalue weighted by Crippen LogP contribution is 2.24. The zero-order chi connectivity index (χ0) is 25.0. The average Bonchev–Trinajstić information content (AvgIpc) is 2.89. The highest BCUT2D eigenvalue weighted by Gasteiger charge is 2.25. The van der Waals surface area contributed by atoms with Crippen LogP contribution in [0.25, 0.3) is 0 Å². The van der Waals surface area contributed by atoms with Gasteiger partial charge in [0.05, 0.1) is 17.7 Å². The van der Waals surface area contributed by atoms with Crippen molar-refractivity contribution < 1.29 is 22.3 Å². The summed E-state index contributed by atoms with van der Waals surface area (Å²) in [6.45, 7) is 2.85. The second-order valence-electron chi connectivity index (χ2n) is 8.36. The standard InChI is InChI=1S/C26H28FN3O4S/c1-28(23-6-4-3-5-7-23)35(32,33)24-11-8-20(9-12-24)26(31)30-16-14-29(15-17-30)19-21-18-22(27)10-13-25(21)34-2/h3-13,18H,14-17,19H2,1-2H3. The SMILES string of the molecule is COc1ccc(F)cc1CN1CCN(C(=O)c2ccc(S(=O)(=O)N(C)c3ccccc3)cc2)CC1. The van der Waals surface area contributed by atoms with Gasteiger partial charge in [-0.25, -0.2) is 12.8 Å². The summed E-state index contributed by atoms with van der Waals surface area (Å²) in [5.41, 5.74) is 1.76. The van der Waals surface area contributed by atoms with E-state index in [4.69, 9.17) is 4.74 Å². The first-order chi connectivity index (χ1) is 16.8. The average molecular weight is 498 g/mol. The van der Waals surface area contributed by atoms with Crippen LogP contribution in [0, 0.1) is 5.82 Å². The zero-order valence-electron chi connectivity index (χ0n) is 19.7. The zero-order valence-corrected chi connectivity index (χ0v) is 20.5. The molecule has 1 aliphatic heterocycles. The molecule has 3 aromatic carbocycles. The molecule has 184 valence electrons. The minimum Gasteiger partial charge on any atom is -0.496 e. The lowest BCUT2D eigenvalue weighted by Crippen LogP contribution is -2.48. The van der Waals surface area contributed by atoms with Crippen molar-refractivity contribution in [3.8, 4) is 5.75 Å². The molecule has 35 heavy (non-hydrogen) atoms. The lowest BCUT2D eigenvalue weighted by molar-refractivity contribution is 0.0627. The molecule has 0 bridgehead atoms. The minimum atomic E-state index is -3.74. The molecule has 7 nitrogen and oxygen atoms in total. The lowest BCUT2D eigenvalue weighted by Gasteiger charge is -2.35. The summed E-state index contributed by atoms with van der Waals surface area (Å²) in [5.74, 6) is 0.182. The molecule has 1 aliphatic rings. The molecule has 4 rings (SSSR count). The Morgan fingerprint density at radius 1 is 0.971 bits per heavy atom. The Bertz CT molecular complexity index is 1280. The number of piperazine rings is 1. The Morgan fingerprint density at radius 2 is 1.63 bits per heavy atom. The molecule has 0 aromatic heterocycles. The number of carbonyl (C=O) groups excluding carboxylic acids is 1.